The van der Waals surface area contributed by atoms with Crippen LogP contribution in [-0.4, -0.2) is 25.9 Å². The van der Waals surface area contributed by atoms with Crippen molar-refractivity contribution < 1.29 is 9.21 Å². The molecule has 0 aliphatic rings. The van der Waals surface area contributed by atoms with Gasteiger partial charge in [-0.15, -0.1) is 10.2 Å². The molecule has 1 amide bonds. The number of anilines is 1. The minimum atomic E-state index is -0.303. The summed E-state index contributed by atoms with van der Waals surface area (Å²) in [6.07, 6.45) is 1.59. The van der Waals surface area contributed by atoms with E-state index in [2.05, 4.69) is 15.5 Å². The largest absolute Gasteiger partial charge is 0.461 e. The Kier molecular flexibility index (Phi) is 4.47. The number of carbonyl (C=O) groups excluding carboxylic acids is 1. The number of amides is 1. The fraction of sp³-hybridized carbons (Fsp3) is 0.188. The first-order chi connectivity index (χ1) is 11.1. The molecule has 0 aliphatic carbocycles. The number of nitrogens with zero attached hydrogens (tertiary/aromatic N) is 3. The first-order valence-electron chi connectivity index (χ1n) is 7.11. The normalized spacial score (nSPS) is 12.1. The van der Waals surface area contributed by atoms with Gasteiger partial charge in [0.25, 0.3) is 0 Å². The molecule has 0 bridgehead atoms. The van der Waals surface area contributed by atoms with Gasteiger partial charge in [0.05, 0.1) is 11.5 Å². The molecule has 0 saturated heterocycles. The lowest BCUT2D eigenvalue weighted by molar-refractivity contribution is -0.115. The molecule has 3 rings (SSSR count). The van der Waals surface area contributed by atoms with Crippen molar-refractivity contribution in [3.63, 3.8) is 0 Å². The monoisotopic (exact) mass is 328 g/mol. The van der Waals surface area contributed by atoms with E-state index in [0.29, 0.717) is 16.7 Å². The van der Waals surface area contributed by atoms with Crippen molar-refractivity contribution in [1.82, 2.24) is 14.8 Å². The Hall–Kier alpha value is -2.54. The molecule has 6 nitrogen and oxygen atoms in total. The summed E-state index contributed by atoms with van der Waals surface area (Å²) < 4.78 is 7.15. The number of nitrogens with one attached hydrogen (secondary N) is 1. The molecule has 2 heterocycles. The third-order valence-electron chi connectivity index (χ3n) is 3.27. The van der Waals surface area contributed by atoms with Crippen LogP contribution in [0.25, 0.3) is 11.6 Å². The predicted molar refractivity (Wildman–Crippen MR) is 89.1 cm³/mol. The van der Waals surface area contributed by atoms with Crippen LogP contribution in [0.4, 0.5) is 5.69 Å². The lowest BCUT2D eigenvalue weighted by Gasteiger charge is -2.11. The summed E-state index contributed by atoms with van der Waals surface area (Å²) in [4.78, 5) is 12.3. The third-order valence-corrected chi connectivity index (χ3v) is 4.40. The van der Waals surface area contributed by atoms with Gasteiger partial charge in [0, 0.05) is 12.7 Å². The molecule has 0 aliphatic heterocycles. The van der Waals surface area contributed by atoms with Crippen LogP contribution in [-0.2, 0) is 11.8 Å². The first-order valence-corrected chi connectivity index (χ1v) is 7.99. The van der Waals surface area contributed by atoms with Crippen molar-refractivity contribution in [2.24, 2.45) is 7.05 Å². The Labute approximate surface area is 137 Å². The molecular weight excluding hydrogens is 312 g/mol. The van der Waals surface area contributed by atoms with Crippen molar-refractivity contribution >= 4 is 23.4 Å². The summed E-state index contributed by atoms with van der Waals surface area (Å²) in [6.45, 7) is 1.84. The van der Waals surface area contributed by atoms with Gasteiger partial charge in [0.2, 0.25) is 5.91 Å². The molecule has 0 saturated carbocycles. The summed E-state index contributed by atoms with van der Waals surface area (Å²) in [6, 6.07) is 13.0. The van der Waals surface area contributed by atoms with E-state index >= 15 is 0 Å². The molecule has 118 valence electrons. The second kappa shape index (κ2) is 6.70. The van der Waals surface area contributed by atoms with Crippen LogP contribution in [0, 0.1) is 0 Å². The smallest absolute Gasteiger partial charge is 0.237 e. The van der Waals surface area contributed by atoms with Crippen LogP contribution in [0.15, 0.2) is 58.3 Å². The summed E-state index contributed by atoms with van der Waals surface area (Å²) in [5.41, 5.74) is 0.777. The highest BCUT2D eigenvalue weighted by Gasteiger charge is 2.20. The maximum Gasteiger partial charge on any atom is 0.237 e. The zero-order chi connectivity index (χ0) is 16.2. The molecule has 0 unspecified atom stereocenters. The third kappa shape index (κ3) is 3.45. The minimum absolute atomic E-state index is 0.0799. The average molecular weight is 328 g/mol. The fourth-order valence-corrected chi connectivity index (χ4v) is 2.83. The summed E-state index contributed by atoms with van der Waals surface area (Å²) >= 11 is 1.35. The van der Waals surface area contributed by atoms with Gasteiger partial charge in [-0.2, -0.15) is 0 Å². The second-order valence-corrected chi connectivity index (χ2v) is 6.27. The van der Waals surface area contributed by atoms with Crippen LogP contribution in [0.3, 0.4) is 0 Å². The zero-order valence-electron chi connectivity index (χ0n) is 12.8. The number of furan rings is 1. The molecule has 1 N–H and O–H groups in total. The molecule has 0 radical (unpaired) electrons. The van der Waals surface area contributed by atoms with Gasteiger partial charge in [-0.05, 0) is 31.2 Å². The highest BCUT2D eigenvalue weighted by molar-refractivity contribution is 8.00. The number of hydrogen-bond donors (Lipinski definition) is 1. The molecule has 0 spiro atoms. The van der Waals surface area contributed by atoms with Crippen LogP contribution < -0.4 is 5.32 Å². The molecule has 1 atom stereocenters. The molecule has 23 heavy (non-hydrogen) atoms. The van der Waals surface area contributed by atoms with E-state index in [9.17, 15) is 4.79 Å². The Morgan fingerprint density at radius 1 is 1.22 bits per heavy atom. The number of benzene rings is 1. The average Bonchev–Trinajstić information content (AvgIpc) is 3.19. The number of aromatic nitrogens is 3. The fourth-order valence-electron chi connectivity index (χ4n) is 2.01. The zero-order valence-corrected chi connectivity index (χ0v) is 13.6. The Morgan fingerprint density at radius 2 is 2.00 bits per heavy atom. The number of thioether (sulfide) groups is 1. The summed E-state index contributed by atoms with van der Waals surface area (Å²) in [5.74, 6) is 1.20. The lowest BCUT2D eigenvalue weighted by atomic mass is 10.3. The molecule has 2 aromatic heterocycles. The highest BCUT2D eigenvalue weighted by Crippen LogP contribution is 2.26. The van der Waals surface area contributed by atoms with E-state index in [-0.39, 0.29) is 11.2 Å². The number of rotatable bonds is 5. The van der Waals surface area contributed by atoms with Gasteiger partial charge in [-0.3, -0.25) is 4.79 Å². The lowest BCUT2D eigenvalue weighted by Crippen LogP contribution is -2.22. The maximum absolute atomic E-state index is 12.3. The molecule has 7 heteroatoms. The van der Waals surface area contributed by atoms with Crippen molar-refractivity contribution in [3.05, 3.63) is 48.7 Å². The van der Waals surface area contributed by atoms with Crippen molar-refractivity contribution in [2.45, 2.75) is 17.3 Å². The van der Waals surface area contributed by atoms with Gasteiger partial charge in [-0.25, -0.2) is 0 Å². The van der Waals surface area contributed by atoms with Gasteiger partial charge < -0.3 is 14.3 Å². The Bertz CT molecular complexity index is 784. The van der Waals surface area contributed by atoms with E-state index in [1.165, 1.54) is 11.8 Å². The van der Waals surface area contributed by atoms with Gasteiger partial charge in [0.1, 0.15) is 0 Å². The minimum Gasteiger partial charge on any atom is -0.461 e. The number of para-hydroxylation sites is 1. The van der Waals surface area contributed by atoms with E-state index < -0.39 is 0 Å². The van der Waals surface area contributed by atoms with Crippen molar-refractivity contribution in [2.75, 3.05) is 5.32 Å². The number of carbonyl (C=O) groups is 1. The van der Waals surface area contributed by atoms with Gasteiger partial charge in [-0.1, -0.05) is 30.0 Å². The second-order valence-electron chi connectivity index (χ2n) is 4.96. The summed E-state index contributed by atoms with van der Waals surface area (Å²) in [5, 5.41) is 11.5. The number of hydrogen-bond acceptors (Lipinski definition) is 5. The molecule has 3 aromatic rings. The van der Waals surface area contributed by atoms with E-state index in [4.69, 9.17) is 4.42 Å². The van der Waals surface area contributed by atoms with E-state index in [1.54, 1.807) is 12.3 Å². The predicted octanol–water partition coefficient (Wildman–Crippen LogP) is 3.19. The standard InChI is InChI=1S/C16H16N4O2S/c1-11(15(21)17-12-7-4-3-5-8-12)23-16-19-18-14(20(16)2)13-9-6-10-22-13/h3-11H,1-2H3,(H,17,21)/t11-/m0/s1. The first kappa shape index (κ1) is 15.4. The van der Waals surface area contributed by atoms with E-state index in [1.807, 2.05) is 54.9 Å². The van der Waals surface area contributed by atoms with Crippen molar-refractivity contribution in [1.29, 1.82) is 0 Å². The van der Waals surface area contributed by atoms with E-state index in [0.717, 1.165) is 5.69 Å². The van der Waals surface area contributed by atoms with Crippen LogP contribution >= 0.6 is 11.8 Å². The Balaban J connectivity index is 1.68. The SMILES string of the molecule is C[C@H](Sc1nnc(-c2ccco2)n1C)C(=O)Nc1ccccc1. The van der Waals surface area contributed by atoms with Crippen LogP contribution in [0.1, 0.15) is 6.92 Å². The highest BCUT2D eigenvalue weighted by atomic mass is 32.2. The summed E-state index contributed by atoms with van der Waals surface area (Å²) in [7, 11) is 1.85. The van der Waals surface area contributed by atoms with Gasteiger partial charge in [0.15, 0.2) is 16.7 Å². The quantitative estimate of drug-likeness (QED) is 0.728. The van der Waals surface area contributed by atoms with Crippen LogP contribution in [0.2, 0.25) is 0 Å². The molecule has 1 aromatic carbocycles. The topological polar surface area (TPSA) is 73.0 Å². The Morgan fingerprint density at radius 3 is 2.70 bits per heavy atom. The van der Waals surface area contributed by atoms with Gasteiger partial charge >= 0.3 is 0 Å². The molecule has 0 fully saturated rings. The molecular formula is C16H16N4O2S. The maximum atomic E-state index is 12.3. The van der Waals surface area contributed by atoms with Crippen LogP contribution in [0.5, 0.6) is 0 Å². The van der Waals surface area contributed by atoms with Crippen molar-refractivity contribution in [3.8, 4) is 11.6 Å².